The van der Waals surface area contributed by atoms with Gasteiger partial charge in [0.25, 0.3) is 0 Å². The predicted molar refractivity (Wildman–Crippen MR) is 113 cm³/mol. The lowest BCUT2D eigenvalue weighted by Gasteiger charge is -2.38. The second-order valence-electron chi connectivity index (χ2n) is 8.74. The van der Waals surface area contributed by atoms with Crippen LogP contribution in [0.1, 0.15) is 46.3 Å². The van der Waals surface area contributed by atoms with E-state index in [4.69, 9.17) is 4.74 Å². The number of piperidine rings is 1. The van der Waals surface area contributed by atoms with Crippen LogP contribution in [-0.4, -0.2) is 47.9 Å². The second kappa shape index (κ2) is 7.51. The summed E-state index contributed by atoms with van der Waals surface area (Å²) in [5, 5.41) is 0. The lowest BCUT2D eigenvalue weighted by Crippen LogP contribution is -2.45. The summed E-state index contributed by atoms with van der Waals surface area (Å²) in [6, 6.07) is 7.83. The maximum atomic E-state index is 13.2. The fraction of sp³-hybridized carbons (Fsp3) is 0.458. The van der Waals surface area contributed by atoms with Gasteiger partial charge in [0.2, 0.25) is 5.91 Å². The normalized spacial score (nSPS) is 20.6. The average molecular weight is 405 g/mol. The Morgan fingerprint density at radius 3 is 2.67 bits per heavy atom. The van der Waals surface area contributed by atoms with E-state index >= 15 is 0 Å². The van der Waals surface area contributed by atoms with Gasteiger partial charge < -0.3 is 14.5 Å². The number of cyclic esters (lactones) is 1. The average Bonchev–Trinajstić information content (AvgIpc) is 3.31. The molecule has 0 bridgehead atoms. The number of hydrogen-bond acceptors (Lipinski definition) is 5. The molecule has 0 aliphatic carbocycles. The highest BCUT2D eigenvalue weighted by Crippen LogP contribution is 2.43. The van der Waals surface area contributed by atoms with Crippen LogP contribution in [0.5, 0.6) is 0 Å². The summed E-state index contributed by atoms with van der Waals surface area (Å²) < 4.78 is 5.17. The molecule has 30 heavy (non-hydrogen) atoms. The molecular formula is C24H27N3O3. The minimum atomic E-state index is -0.206. The van der Waals surface area contributed by atoms with Gasteiger partial charge in [0.15, 0.2) is 0 Å². The van der Waals surface area contributed by atoms with E-state index in [9.17, 15) is 9.59 Å². The van der Waals surface area contributed by atoms with Crippen molar-refractivity contribution in [1.82, 2.24) is 9.88 Å². The van der Waals surface area contributed by atoms with E-state index in [2.05, 4.69) is 22.9 Å². The summed E-state index contributed by atoms with van der Waals surface area (Å²) >= 11 is 0. The van der Waals surface area contributed by atoms with Crippen LogP contribution < -0.4 is 4.90 Å². The highest BCUT2D eigenvalue weighted by molar-refractivity contribution is 5.99. The second-order valence-corrected chi connectivity index (χ2v) is 8.74. The van der Waals surface area contributed by atoms with E-state index in [0.29, 0.717) is 12.2 Å². The van der Waals surface area contributed by atoms with Crippen molar-refractivity contribution in [2.24, 2.45) is 5.41 Å². The van der Waals surface area contributed by atoms with Crippen LogP contribution in [0.25, 0.3) is 0 Å². The zero-order valence-electron chi connectivity index (χ0n) is 17.4. The Hall–Kier alpha value is -2.73. The van der Waals surface area contributed by atoms with E-state index in [1.165, 1.54) is 11.1 Å². The molecule has 2 aromatic rings. The van der Waals surface area contributed by atoms with E-state index in [1.54, 1.807) is 12.4 Å². The number of nitrogens with zero attached hydrogens (tertiary/aromatic N) is 3. The molecule has 3 aliphatic heterocycles. The third kappa shape index (κ3) is 3.19. The largest absolute Gasteiger partial charge is 0.457 e. The fourth-order valence-electron chi connectivity index (χ4n) is 5.20. The van der Waals surface area contributed by atoms with Crippen molar-refractivity contribution in [2.45, 2.75) is 39.2 Å². The molecule has 1 aromatic carbocycles. The molecule has 3 aliphatic rings. The van der Waals surface area contributed by atoms with Crippen LogP contribution in [-0.2, 0) is 22.6 Å². The van der Waals surface area contributed by atoms with Gasteiger partial charge in [-0.25, -0.2) is 4.79 Å². The van der Waals surface area contributed by atoms with Crippen molar-refractivity contribution < 1.29 is 14.3 Å². The van der Waals surface area contributed by atoms with Gasteiger partial charge >= 0.3 is 5.97 Å². The molecule has 1 spiro atoms. The first kappa shape index (κ1) is 19.2. The lowest BCUT2D eigenvalue weighted by molar-refractivity contribution is -0.128. The minimum absolute atomic E-state index is 0.201. The molecule has 0 unspecified atom stereocenters. The number of anilines is 1. The monoisotopic (exact) mass is 405 g/mol. The number of fused-ring (bicyclic) bond motifs is 1. The first-order valence-electron chi connectivity index (χ1n) is 10.8. The Balaban J connectivity index is 1.19. The smallest absolute Gasteiger partial charge is 0.338 e. The van der Waals surface area contributed by atoms with Crippen LogP contribution >= 0.6 is 0 Å². The van der Waals surface area contributed by atoms with Crippen LogP contribution in [0.15, 0.2) is 36.7 Å². The first-order valence-corrected chi connectivity index (χ1v) is 10.8. The molecule has 0 radical (unpaired) electrons. The number of benzene rings is 1. The quantitative estimate of drug-likeness (QED) is 0.732. The molecule has 6 nitrogen and oxygen atoms in total. The van der Waals surface area contributed by atoms with Crippen molar-refractivity contribution in [1.29, 1.82) is 0 Å². The zero-order valence-corrected chi connectivity index (χ0v) is 17.4. The van der Waals surface area contributed by atoms with E-state index in [-0.39, 0.29) is 17.3 Å². The Bertz CT molecular complexity index is 981. The Morgan fingerprint density at radius 2 is 1.90 bits per heavy atom. The maximum absolute atomic E-state index is 13.2. The number of hydrogen-bond donors (Lipinski definition) is 0. The molecule has 6 heteroatoms. The maximum Gasteiger partial charge on any atom is 0.338 e. The molecule has 1 aromatic heterocycles. The van der Waals surface area contributed by atoms with Crippen molar-refractivity contribution in [3.8, 4) is 0 Å². The third-order valence-electron chi connectivity index (χ3n) is 7.26. The number of carbonyl (C=O) groups excluding carboxylic acids is 2. The van der Waals surface area contributed by atoms with Gasteiger partial charge in [-0.15, -0.1) is 0 Å². The molecule has 0 atom stereocenters. The number of rotatable bonds is 4. The highest BCUT2D eigenvalue weighted by Gasteiger charge is 2.48. The number of pyridine rings is 1. The summed E-state index contributed by atoms with van der Waals surface area (Å²) in [4.78, 5) is 33.5. The van der Waals surface area contributed by atoms with Gasteiger partial charge in [0.05, 0.1) is 22.9 Å². The third-order valence-corrected chi connectivity index (χ3v) is 7.26. The van der Waals surface area contributed by atoms with Crippen molar-refractivity contribution in [2.75, 3.05) is 31.1 Å². The Labute approximate surface area is 176 Å². The number of aromatic nitrogens is 1. The number of likely N-dealkylation sites (tertiary alicyclic amines) is 1. The van der Waals surface area contributed by atoms with Crippen molar-refractivity contribution in [3.63, 3.8) is 0 Å². The summed E-state index contributed by atoms with van der Waals surface area (Å²) in [5.74, 6) is 0.0665. The van der Waals surface area contributed by atoms with Gasteiger partial charge in [0.1, 0.15) is 6.61 Å². The number of carbonyl (C=O) groups is 2. The van der Waals surface area contributed by atoms with E-state index in [0.717, 1.165) is 63.1 Å². The molecule has 2 saturated heterocycles. The molecule has 5 rings (SSSR count). The number of amides is 1. The van der Waals surface area contributed by atoms with Crippen LogP contribution in [0, 0.1) is 12.3 Å². The number of ether oxygens (including phenoxy) is 1. The van der Waals surface area contributed by atoms with Crippen LogP contribution in [0.3, 0.4) is 0 Å². The summed E-state index contributed by atoms with van der Waals surface area (Å²) in [6.07, 6.45) is 7.26. The fourth-order valence-corrected chi connectivity index (χ4v) is 5.20. The summed E-state index contributed by atoms with van der Waals surface area (Å²) in [6.45, 7) is 6.17. The van der Waals surface area contributed by atoms with Crippen LogP contribution in [0.4, 0.5) is 5.69 Å². The first-order chi connectivity index (χ1) is 14.6. The number of esters is 1. The highest BCUT2D eigenvalue weighted by atomic mass is 16.5. The van der Waals surface area contributed by atoms with E-state index in [1.807, 2.05) is 23.1 Å². The minimum Gasteiger partial charge on any atom is -0.457 e. The molecule has 2 fully saturated rings. The Morgan fingerprint density at radius 1 is 1.10 bits per heavy atom. The van der Waals surface area contributed by atoms with E-state index < -0.39 is 0 Å². The SMILES string of the molecule is Cc1c(CCN2CCC3(CC2)CCN(c2cccnc2)C3=O)ccc2c1COC2=O. The molecular weight excluding hydrogens is 378 g/mol. The van der Waals surface area contributed by atoms with Gasteiger partial charge in [-0.3, -0.25) is 9.78 Å². The van der Waals surface area contributed by atoms with Crippen molar-refractivity contribution >= 4 is 17.6 Å². The molecule has 0 N–H and O–H groups in total. The Kier molecular flexibility index (Phi) is 4.82. The lowest BCUT2D eigenvalue weighted by atomic mass is 9.77. The van der Waals surface area contributed by atoms with Crippen molar-refractivity contribution in [3.05, 3.63) is 58.9 Å². The topological polar surface area (TPSA) is 62.7 Å². The van der Waals surface area contributed by atoms with Crippen LogP contribution in [0.2, 0.25) is 0 Å². The molecule has 156 valence electrons. The van der Waals surface area contributed by atoms with Gasteiger partial charge in [-0.2, -0.15) is 0 Å². The zero-order chi connectivity index (χ0) is 20.7. The van der Waals surface area contributed by atoms with Gasteiger partial charge in [-0.1, -0.05) is 6.07 Å². The van der Waals surface area contributed by atoms with Gasteiger partial charge in [0, 0.05) is 24.8 Å². The van der Waals surface area contributed by atoms with Gasteiger partial charge in [-0.05, 0) is 75.0 Å². The standard InChI is InChI=1S/C24H27N3O3/c1-17-18(4-5-20-21(17)16-30-22(20)28)6-11-26-12-7-24(8-13-26)9-14-27(23(24)29)19-3-2-10-25-15-19/h2-5,10,15H,6-9,11-14,16H2,1H3. The summed E-state index contributed by atoms with van der Waals surface area (Å²) in [7, 11) is 0. The molecule has 1 amide bonds. The molecule has 4 heterocycles. The summed E-state index contributed by atoms with van der Waals surface area (Å²) in [5.41, 5.74) is 4.94. The predicted octanol–water partition coefficient (Wildman–Crippen LogP) is 3.12. The molecule has 0 saturated carbocycles.